The molecule has 0 radical (unpaired) electrons. The van der Waals surface area contributed by atoms with Gasteiger partial charge in [-0.05, 0) is 56.7 Å². The van der Waals surface area contributed by atoms with Crippen LogP contribution in [0, 0.1) is 0 Å². The van der Waals surface area contributed by atoms with Gasteiger partial charge in [-0.1, -0.05) is 30.3 Å². The largest absolute Gasteiger partial charge is 0.419 e. The van der Waals surface area contributed by atoms with Crippen LogP contribution in [0.3, 0.4) is 0 Å². The van der Waals surface area contributed by atoms with Crippen molar-refractivity contribution in [2.24, 2.45) is 4.99 Å². The molecule has 1 fully saturated rings. The van der Waals surface area contributed by atoms with Gasteiger partial charge in [0.1, 0.15) is 0 Å². The number of nitrogens with zero attached hydrogens (tertiary/aromatic N) is 3. The van der Waals surface area contributed by atoms with Gasteiger partial charge < -0.3 is 9.64 Å². The van der Waals surface area contributed by atoms with Gasteiger partial charge in [-0.25, -0.2) is 0 Å². The third-order valence-electron chi connectivity index (χ3n) is 4.50. The van der Waals surface area contributed by atoms with Crippen molar-refractivity contribution in [2.75, 3.05) is 24.5 Å². The first-order chi connectivity index (χ1) is 13.2. The number of carbonyl (C=O) groups is 1. The van der Waals surface area contributed by atoms with Gasteiger partial charge in [0.2, 0.25) is 0 Å². The quantitative estimate of drug-likeness (QED) is 0.713. The van der Waals surface area contributed by atoms with Crippen molar-refractivity contribution < 1.29 is 9.53 Å². The Morgan fingerprint density at radius 2 is 1.67 bits per heavy atom. The number of aliphatic imine (C=N–C) groups is 1. The molecule has 1 aliphatic rings. The smallest absolute Gasteiger partial charge is 0.305 e. The van der Waals surface area contributed by atoms with Gasteiger partial charge in [0.25, 0.3) is 5.91 Å². The molecule has 1 amide bonds. The van der Waals surface area contributed by atoms with E-state index in [-0.39, 0.29) is 5.91 Å². The lowest BCUT2D eigenvalue weighted by molar-refractivity contribution is -0.122. The summed E-state index contributed by atoms with van der Waals surface area (Å²) in [5.41, 5.74) is 2.84. The molecule has 5 nitrogen and oxygen atoms in total. The Kier molecular flexibility index (Phi) is 5.91. The van der Waals surface area contributed by atoms with Gasteiger partial charge in [0.15, 0.2) is 5.76 Å². The van der Waals surface area contributed by atoms with E-state index in [0.29, 0.717) is 18.3 Å². The highest BCUT2D eigenvalue weighted by Crippen LogP contribution is 2.23. The topological polar surface area (TPSA) is 45.1 Å². The number of para-hydroxylation sites is 1. The maximum absolute atomic E-state index is 12.7. The molecular formula is C22H25N3O2. The van der Waals surface area contributed by atoms with E-state index < -0.39 is 0 Å². The third kappa shape index (κ3) is 4.19. The minimum Gasteiger partial charge on any atom is -0.419 e. The minimum absolute atomic E-state index is 0.167. The van der Waals surface area contributed by atoms with Gasteiger partial charge in [-0.2, -0.15) is 4.99 Å². The molecule has 5 heteroatoms. The molecule has 2 aromatic carbocycles. The zero-order valence-electron chi connectivity index (χ0n) is 16.1. The highest BCUT2D eigenvalue weighted by atomic mass is 16.5. The molecule has 0 saturated carbocycles. The lowest BCUT2D eigenvalue weighted by atomic mass is 10.1. The predicted octanol–water partition coefficient (Wildman–Crippen LogP) is 4.44. The van der Waals surface area contributed by atoms with Crippen LogP contribution in [0.5, 0.6) is 0 Å². The molecule has 0 atom stereocenters. The number of anilines is 1. The first kappa shape index (κ1) is 18.7. The standard InChI is InChI=1S/C22H25N3O2/c1-4-24(5-2)19-14-12-17(13-15-19)16-20-21(26)25(6-3)22(27-20)23-18-10-8-7-9-11-18/h7-16H,4-6H2,1-3H3/b20-16+,23-22+. The van der Waals surface area contributed by atoms with Crippen LogP contribution < -0.4 is 4.90 Å². The van der Waals surface area contributed by atoms with Gasteiger partial charge in [-0.15, -0.1) is 0 Å². The van der Waals surface area contributed by atoms with E-state index in [4.69, 9.17) is 4.74 Å². The average Bonchev–Trinajstić information content (AvgIpc) is 2.99. The molecule has 0 aromatic heterocycles. The van der Waals surface area contributed by atoms with Crippen molar-refractivity contribution in [1.29, 1.82) is 0 Å². The fourth-order valence-electron chi connectivity index (χ4n) is 3.00. The number of benzene rings is 2. The summed E-state index contributed by atoms with van der Waals surface area (Å²) in [5.74, 6) is 0.127. The highest BCUT2D eigenvalue weighted by Gasteiger charge is 2.33. The van der Waals surface area contributed by atoms with E-state index in [9.17, 15) is 4.79 Å². The Balaban J connectivity index is 1.84. The Labute approximate surface area is 160 Å². The van der Waals surface area contributed by atoms with Crippen molar-refractivity contribution >= 4 is 29.4 Å². The summed E-state index contributed by atoms with van der Waals surface area (Å²) in [6.07, 6.45) is 1.77. The van der Waals surface area contributed by atoms with E-state index in [2.05, 4.69) is 35.9 Å². The lowest BCUT2D eigenvalue weighted by Gasteiger charge is -2.20. The number of amidine groups is 1. The molecular weight excluding hydrogens is 338 g/mol. The molecule has 1 saturated heterocycles. The fourth-order valence-corrected chi connectivity index (χ4v) is 3.00. The zero-order chi connectivity index (χ0) is 19.2. The van der Waals surface area contributed by atoms with Crippen LogP contribution in [0.25, 0.3) is 6.08 Å². The normalized spacial score (nSPS) is 16.9. The van der Waals surface area contributed by atoms with E-state index in [1.807, 2.05) is 49.4 Å². The number of hydrogen-bond acceptors (Lipinski definition) is 4. The number of rotatable bonds is 6. The number of hydrogen-bond donors (Lipinski definition) is 0. The van der Waals surface area contributed by atoms with E-state index in [0.717, 1.165) is 24.3 Å². The van der Waals surface area contributed by atoms with Crippen molar-refractivity contribution in [1.82, 2.24) is 4.90 Å². The van der Waals surface area contributed by atoms with Crippen LogP contribution in [-0.2, 0) is 9.53 Å². The van der Waals surface area contributed by atoms with E-state index in [1.165, 1.54) is 5.69 Å². The number of amides is 1. The molecule has 0 unspecified atom stereocenters. The number of ether oxygens (including phenoxy) is 1. The van der Waals surface area contributed by atoms with Crippen LogP contribution in [0.15, 0.2) is 65.3 Å². The summed E-state index contributed by atoms with van der Waals surface area (Å²) in [4.78, 5) is 20.9. The molecule has 1 heterocycles. The Bertz CT molecular complexity index is 838. The van der Waals surface area contributed by atoms with Crippen molar-refractivity contribution in [3.8, 4) is 0 Å². The molecule has 0 N–H and O–H groups in total. The highest BCUT2D eigenvalue weighted by molar-refractivity contribution is 6.11. The van der Waals surface area contributed by atoms with Crippen molar-refractivity contribution in [3.05, 3.63) is 65.9 Å². The Morgan fingerprint density at radius 1 is 1.00 bits per heavy atom. The zero-order valence-corrected chi connectivity index (χ0v) is 16.1. The number of likely N-dealkylation sites (N-methyl/N-ethyl adjacent to an activating group) is 1. The van der Waals surface area contributed by atoms with Crippen LogP contribution in [-0.4, -0.2) is 36.5 Å². The van der Waals surface area contributed by atoms with E-state index in [1.54, 1.807) is 11.0 Å². The summed E-state index contributed by atoms with van der Waals surface area (Å²) in [6.45, 7) is 8.60. The minimum atomic E-state index is -0.167. The summed E-state index contributed by atoms with van der Waals surface area (Å²) in [7, 11) is 0. The average molecular weight is 363 g/mol. The maximum atomic E-state index is 12.7. The molecule has 0 bridgehead atoms. The summed E-state index contributed by atoms with van der Waals surface area (Å²) in [6, 6.07) is 17.9. The molecule has 140 valence electrons. The van der Waals surface area contributed by atoms with Gasteiger partial charge >= 0.3 is 6.02 Å². The maximum Gasteiger partial charge on any atom is 0.305 e. The second kappa shape index (κ2) is 8.54. The third-order valence-corrected chi connectivity index (χ3v) is 4.50. The molecule has 0 spiro atoms. The van der Waals surface area contributed by atoms with Crippen LogP contribution in [0.4, 0.5) is 11.4 Å². The first-order valence-electron chi connectivity index (χ1n) is 9.36. The molecule has 2 aromatic rings. The van der Waals surface area contributed by atoms with Gasteiger partial charge in [0, 0.05) is 25.3 Å². The van der Waals surface area contributed by atoms with Gasteiger partial charge in [-0.3, -0.25) is 9.69 Å². The SMILES string of the molecule is CCN1C(=O)/C(=C\c2ccc(N(CC)CC)cc2)O/C1=N/c1ccccc1. The lowest BCUT2D eigenvalue weighted by Crippen LogP contribution is -2.29. The predicted molar refractivity (Wildman–Crippen MR) is 110 cm³/mol. The van der Waals surface area contributed by atoms with Crippen LogP contribution in [0.1, 0.15) is 26.3 Å². The molecule has 0 aliphatic carbocycles. The second-order valence-corrected chi connectivity index (χ2v) is 6.15. The van der Waals surface area contributed by atoms with Crippen LogP contribution in [0.2, 0.25) is 0 Å². The summed E-state index contributed by atoms with van der Waals surface area (Å²) >= 11 is 0. The molecule has 3 rings (SSSR count). The molecule has 1 aliphatic heterocycles. The first-order valence-corrected chi connectivity index (χ1v) is 9.36. The Hall–Kier alpha value is -3.08. The summed E-state index contributed by atoms with van der Waals surface area (Å²) in [5, 5.41) is 0. The van der Waals surface area contributed by atoms with Crippen molar-refractivity contribution in [2.45, 2.75) is 20.8 Å². The second-order valence-electron chi connectivity index (χ2n) is 6.15. The Morgan fingerprint density at radius 3 is 2.26 bits per heavy atom. The van der Waals surface area contributed by atoms with Gasteiger partial charge in [0.05, 0.1) is 5.69 Å². The molecule has 27 heavy (non-hydrogen) atoms. The summed E-state index contributed by atoms with van der Waals surface area (Å²) < 4.78 is 5.78. The van der Waals surface area contributed by atoms with E-state index >= 15 is 0 Å². The fraction of sp³-hybridized carbons (Fsp3) is 0.273. The van der Waals surface area contributed by atoms with Crippen LogP contribution >= 0.6 is 0 Å². The van der Waals surface area contributed by atoms with Crippen molar-refractivity contribution in [3.63, 3.8) is 0 Å². The monoisotopic (exact) mass is 363 g/mol. The number of carbonyl (C=O) groups excluding carboxylic acids is 1.